The molecule has 2 heterocycles. The van der Waals surface area contributed by atoms with Crippen LogP contribution in [0.4, 0.5) is 4.39 Å². The van der Waals surface area contributed by atoms with Crippen LogP contribution in [0.15, 0.2) is 18.2 Å². The lowest BCUT2D eigenvalue weighted by Crippen LogP contribution is -2.31. The summed E-state index contributed by atoms with van der Waals surface area (Å²) < 4.78 is 14.0. The van der Waals surface area contributed by atoms with Gasteiger partial charge in [0.15, 0.2) is 0 Å². The van der Waals surface area contributed by atoms with Crippen molar-refractivity contribution in [1.29, 1.82) is 0 Å². The fourth-order valence-corrected chi connectivity index (χ4v) is 3.98. The van der Waals surface area contributed by atoms with Crippen LogP contribution in [0.3, 0.4) is 0 Å². The van der Waals surface area contributed by atoms with Crippen LogP contribution in [0.1, 0.15) is 18.4 Å². The molecule has 3 rings (SSSR count). The van der Waals surface area contributed by atoms with Gasteiger partial charge in [0.2, 0.25) is 0 Å². The summed E-state index contributed by atoms with van der Waals surface area (Å²) in [7, 11) is 0. The highest BCUT2D eigenvalue weighted by Crippen LogP contribution is 2.28. The van der Waals surface area contributed by atoms with Gasteiger partial charge < -0.3 is 10.0 Å². The Kier molecular flexibility index (Phi) is 5.34. The molecule has 0 amide bonds. The number of hydrogen-bond donors (Lipinski definition) is 1. The van der Waals surface area contributed by atoms with Gasteiger partial charge in [-0.05, 0) is 43.8 Å². The van der Waals surface area contributed by atoms with E-state index in [1.54, 1.807) is 18.2 Å². The molecular formula is C17H24ClFN2O. The van der Waals surface area contributed by atoms with Crippen LogP contribution in [-0.4, -0.2) is 54.2 Å². The van der Waals surface area contributed by atoms with Crippen molar-refractivity contribution in [3.8, 4) is 0 Å². The third-order valence-electron chi connectivity index (χ3n) is 5.00. The highest BCUT2D eigenvalue weighted by Gasteiger charge is 2.34. The predicted octanol–water partition coefficient (Wildman–Crippen LogP) is 2.62. The minimum absolute atomic E-state index is 0.184. The molecule has 0 radical (unpaired) electrons. The van der Waals surface area contributed by atoms with Crippen molar-refractivity contribution in [3.63, 3.8) is 0 Å². The first-order chi connectivity index (χ1) is 10.7. The topological polar surface area (TPSA) is 26.7 Å². The number of rotatable bonds is 5. The molecule has 122 valence electrons. The second-order valence-corrected chi connectivity index (χ2v) is 7.02. The zero-order chi connectivity index (χ0) is 15.5. The highest BCUT2D eigenvalue weighted by molar-refractivity contribution is 6.30. The van der Waals surface area contributed by atoms with Crippen molar-refractivity contribution in [2.24, 2.45) is 11.8 Å². The lowest BCUT2D eigenvalue weighted by atomic mass is 9.96. The molecule has 0 aliphatic carbocycles. The van der Waals surface area contributed by atoms with Crippen LogP contribution in [0.2, 0.25) is 5.02 Å². The van der Waals surface area contributed by atoms with E-state index in [1.807, 2.05) is 0 Å². The lowest BCUT2D eigenvalue weighted by molar-refractivity contribution is 0.175. The largest absolute Gasteiger partial charge is 0.396 e. The first kappa shape index (κ1) is 16.2. The van der Waals surface area contributed by atoms with E-state index in [-0.39, 0.29) is 17.4 Å². The number of hydrogen-bond acceptors (Lipinski definition) is 3. The summed E-state index contributed by atoms with van der Waals surface area (Å²) in [6, 6.07) is 5.17. The average molecular weight is 327 g/mol. The number of halogens is 2. The number of aliphatic hydroxyl groups excluding tert-OH is 1. The molecule has 1 aromatic rings. The van der Waals surface area contributed by atoms with E-state index in [4.69, 9.17) is 11.6 Å². The number of nitrogens with zero attached hydrogens (tertiary/aromatic N) is 2. The molecule has 2 fully saturated rings. The second kappa shape index (κ2) is 7.26. The molecule has 5 heteroatoms. The predicted molar refractivity (Wildman–Crippen MR) is 86.4 cm³/mol. The summed E-state index contributed by atoms with van der Waals surface area (Å²) in [5, 5.41) is 9.84. The molecule has 0 unspecified atom stereocenters. The zero-order valence-electron chi connectivity index (χ0n) is 12.8. The Labute approximate surface area is 136 Å². The van der Waals surface area contributed by atoms with Gasteiger partial charge in [-0.3, -0.25) is 4.90 Å². The molecule has 0 bridgehead atoms. The Hall–Kier alpha value is -0.680. The summed E-state index contributed by atoms with van der Waals surface area (Å²) in [6.45, 7) is 5.95. The average Bonchev–Trinajstić information content (AvgIpc) is 3.14. The van der Waals surface area contributed by atoms with Gasteiger partial charge in [-0.2, -0.15) is 0 Å². The first-order valence-corrected chi connectivity index (χ1v) is 8.53. The molecule has 2 saturated heterocycles. The Morgan fingerprint density at radius 2 is 1.86 bits per heavy atom. The van der Waals surface area contributed by atoms with Crippen LogP contribution < -0.4 is 0 Å². The van der Waals surface area contributed by atoms with Crippen LogP contribution in [0.5, 0.6) is 0 Å². The van der Waals surface area contributed by atoms with Crippen molar-refractivity contribution in [1.82, 2.24) is 9.80 Å². The molecule has 2 aliphatic rings. The maximum absolute atomic E-state index is 14.0. The van der Waals surface area contributed by atoms with Crippen molar-refractivity contribution >= 4 is 11.6 Å². The van der Waals surface area contributed by atoms with Crippen LogP contribution >= 0.6 is 11.6 Å². The van der Waals surface area contributed by atoms with E-state index in [0.717, 1.165) is 19.6 Å². The third kappa shape index (κ3) is 3.62. The van der Waals surface area contributed by atoms with Gasteiger partial charge in [0.05, 0.1) is 5.02 Å². The summed E-state index contributed by atoms with van der Waals surface area (Å²) in [4.78, 5) is 4.74. The maximum atomic E-state index is 14.0. The maximum Gasteiger partial charge on any atom is 0.146 e. The van der Waals surface area contributed by atoms with E-state index in [1.165, 1.54) is 25.9 Å². The molecule has 0 spiro atoms. The molecule has 1 N–H and O–H groups in total. The molecule has 22 heavy (non-hydrogen) atoms. The highest BCUT2D eigenvalue weighted by atomic mass is 35.5. The second-order valence-electron chi connectivity index (χ2n) is 6.62. The Balaban J connectivity index is 1.62. The van der Waals surface area contributed by atoms with Crippen LogP contribution in [-0.2, 0) is 6.54 Å². The standard InChI is InChI=1S/C17H24ClFN2O/c18-16-5-3-4-13(17(16)19)8-21-10-14(15(11-21)12-22)9-20-6-1-2-7-20/h3-5,14-15,22H,1-2,6-12H2/t14-,15-/m1/s1. The van der Waals surface area contributed by atoms with Gasteiger partial charge in [0, 0.05) is 38.3 Å². The summed E-state index contributed by atoms with van der Waals surface area (Å²) in [5.41, 5.74) is 0.644. The van der Waals surface area contributed by atoms with E-state index in [9.17, 15) is 9.50 Å². The van der Waals surface area contributed by atoms with Gasteiger partial charge in [-0.1, -0.05) is 23.7 Å². The summed E-state index contributed by atoms with van der Waals surface area (Å²) >= 11 is 5.86. The fourth-order valence-electron chi connectivity index (χ4n) is 3.79. The van der Waals surface area contributed by atoms with Gasteiger partial charge in [0.25, 0.3) is 0 Å². The fraction of sp³-hybridized carbons (Fsp3) is 0.647. The number of likely N-dealkylation sites (tertiary alicyclic amines) is 2. The normalized spacial score (nSPS) is 26.9. The van der Waals surface area contributed by atoms with Crippen molar-refractivity contribution < 1.29 is 9.50 Å². The Morgan fingerprint density at radius 1 is 1.14 bits per heavy atom. The summed E-state index contributed by atoms with van der Waals surface area (Å²) in [5.74, 6) is 0.459. The van der Waals surface area contributed by atoms with Crippen molar-refractivity contribution in [3.05, 3.63) is 34.6 Å². The van der Waals surface area contributed by atoms with E-state index >= 15 is 0 Å². The minimum atomic E-state index is -0.312. The van der Waals surface area contributed by atoms with Gasteiger partial charge in [-0.15, -0.1) is 0 Å². The zero-order valence-corrected chi connectivity index (χ0v) is 13.6. The molecular weight excluding hydrogens is 303 g/mol. The van der Waals surface area contributed by atoms with Crippen molar-refractivity contribution in [2.75, 3.05) is 39.3 Å². The van der Waals surface area contributed by atoms with Gasteiger partial charge in [0.1, 0.15) is 5.82 Å². The Morgan fingerprint density at radius 3 is 2.59 bits per heavy atom. The Bertz CT molecular complexity index is 507. The molecule has 3 nitrogen and oxygen atoms in total. The monoisotopic (exact) mass is 326 g/mol. The molecule has 2 aliphatic heterocycles. The van der Waals surface area contributed by atoms with E-state index < -0.39 is 0 Å². The number of aliphatic hydroxyl groups is 1. The molecule has 0 aromatic heterocycles. The molecule has 0 saturated carbocycles. The van der Waals surface area contributed by atoms with E-state index in [0.29, 0.717) is 23.9 Å². The van der Waals surface area contributed by atoms with Crippen LogP contribution in [0.25, 0.3) is 0 Å². The smallest absolute Gasteiger partial charge is 0.146 e. The van der Waals surface area contributed by atoms with Gasteiger partial charge >= 0.3 is 0 Å². The SMILES string of the molecule is OC[C@H]1CN(Cc2cccc(Cl)c2F)C[C@H]1CN1CCCC1. The van der Waals surface area contributed by atoms with E-state index in [2.05, 4.69) is 9.80 Å². The molecule has 2 atom stereocenters. The first-order valence-electron chi connectivity index (χ1n) is 8.16. The van der Waals surface area contributed by atoms with Crippen molar-refractivity contribution in [2.45, 2.75) is 19.4 Å². The quantitative estimate of drug-likeness (QED) is 0.901. The third-order valence-corrected chi connectivity index (χ3v) is 5.30. The lowest BCUT2D eigenvalue weighted by Gasteiger charge is -2.23. The summed E-state index contributed by atoms with van der Waals surface area (Å²) in [6.07, 6.45) is 2.57. The molecule has 1 aromatic carbocycles. The van der Waals surface area contributed by atoms with Crippen LogP contribution in [0, 0.1) is 17.7 Å². The number of benzene rings is 1. The minimum Gasteiger partial charge on any atom is -0.396 e. The van der Waals surface area contributed by atoms with Gasteiger partial charge in [-0.25, -0.2) is 4.39 Å².